The largest absolute Gasteiger partial charge is 0.398 e. The maximum Gasteiger partial charge on any atom is 0.267 e. The number of hydrogen-bond donors (Lipinski definition) is 4. The molecule has 1 rings (SSSR count). The molecule has 0 saturated heterocycles. The van der Waals surface area contributed by atoms with Crippen molar-refractivity contribution in [2.24, 2.45) is 0 Å². The molecule has 118 valence electrons. The second-order valence-corrected chi connectivity index (χ2v) is 5.01. The third kappa shape index (κ3) is 6.04. The van der Waals surface area contributed by atoms with Gasteiger partial charge in [-0.1, -0.05) is 11.6 Å². The molecule has 6 nitrogen and oxygen atoms in total. The Morgan fingerprint density at radius 2 is 2.18 bits per heavy atom. The zero-order valence-electron chi connectivity index (χ0n) is 12.1. The van der Waals surface area contributed by atoms with Crippen molar-refractivity contribution in [2.45, 2.75) is 19.3 Å². The van der Waals surface area contributed by atoms with Crippen molar-refractivity contribution in [3.63, 3.8) is 0 Å². The van der Waals surface area contributed by atoms with Gasteiger partial charge in [0.15, 0.2) is 0 Å². The van der Waals surface area contributed by atoms with E-state index in [4.69, 9.17) is 27.7 Å². The van der Waals surface area contributed by atoms with Crippen LogP contribution in [0.2, 0.25) is 5.02 Å². The Balaban J connectivity index is 2.53. The summed E-state index contributed by atoms with van der Waals surface area (Å²) in [6.45, 7) is 0.804. The molecule has 0 atom stereocenters. The fraction of sp³-hybridized carbons (Fsp3) is 0.333. The van der Waals surface area contributed by atoms with Crippen molar-refractivity contribution in [3.8, 4) is 6.07 Å². The second-order valence-electron chi connectivity index (χ2n) is 4.60. The first-order valence-corrected chi connectivity index (χ1v) is 7.27. The van der Waals surface area contributed by atoms with Crippen LogP contribution in [0.25, 0.3) is 0 Å². The predicted octanol–water partition coefficient (Wildman–Crippen LogP) is 2.02. The van der Waals surface area contributed by atoms with Gasteiger partial charge in [-0.3, -0.25) is 4.79 Å². The molecule has 1 aromatic rings. The number of carbonyl (C=O) groups excluding carboxylic acids is 1. The van der Waals surface area contributed by atoms with Crippen LogP contribution in [0.5, 0.6) is 0 Å². The van der Waals surface area contributed by atoms with Crippen molar-refractivity contribution >= 4 is 28.9 Å². The first-order chi connectivity index (χ1) is 10.6. The second kappa shape index (κ2) is 9.66. The molecule has 22 heavy (non-hydrogen) atoms. The Morgan fingerprint density at radius 1 is 1.41 bits per heavy atom. The quantitative estimate of drug-likeness (QED) is 0.253. The number of rotatable bonds is 8. The zero-order valence-corrected chi connectivity index (χ0v) is 12.9. The lowest BCUT2D eigenvalue weighted by molar-refractivity contribution is -0.112. The molecule has 0 aliphatic heterocycles. The average molecular weight is 323 g/mol. The van der Waals surface area contributed by atoms with Gasteiger partial charge in [0, 0.05) is 25.0 Å². The molecular formula is C15H19ClN4O2. The molecule has 0 aromatic heterocycles. The summed E-state index contributed by atoms with van der Waals surface area (Å²) >= 11 is 5.87. The molecule has 0 bridgehead atoms. The van der Waals surface area contributed by atoms with E-state index < -0.39 is 5.91 Å². The van der Waals surface area contributed by atoms with E-state index in [0.29, 0.717) is 22.9 Å². The number of aliphatic hydroxyl groups excluding tert-OH is 1. The van der Waals surface area contributed by atoms with E-state index in [2.05, 4.69) is 10.6 Å². The predicted molar refractivity (Wildman–Crippen MR) is 87.1 cm³/mol. The van der Waals surface area contributed by atoms with E-state index in [1.807, 2.05) is 6.07 Å². The van der Waals surface area contributed by atoms with E-state index in [1.54, 1.807) is 12.1 Å². The number of anilines is 2. The normalized spacial score (nSPS) is 10.9. The minimum Gasteiger partial charge on any atom is -0.398 e. The monoisotopic (exact) mass is 322 g/mol. The van der Waals surface area contributed by atoms with Gasteiger partial charge < -0.3 is 21.5 Å². The SMILES string of the molecule is N#C/C(=C/NCCCCCO)C(=O)Nc1ccc(N)c(Cl)c1. The van der Waals surface area contributed by atoms with E-state index in [9.17, 15) is 4.79 Å². The van der Waals surface area contributed by atoms with Crippen molar-refractivity contribution in [2.75, 3.05) is 24.2 Å². The van der Waals surface area contributed by atoms with Crippen molar-refractivity contribution < 1.29 is 9.90 Å². The van der Waals surface area contributed by atoms with Gasteiger partial charge in [-0.15, -0.1) is 0 Å². The number of nitrogens with two attached hydrogens (primary N) is 1. The first kappa shape index (κ1) is 17.8. The van der Waals surface area contributed by atoms with Crippen molar-refractivity contribution in [1.29, 1.82) is 5.26 Å². The van der Waals surface area contributed by atoms with Gasteiger partial charge >= 0.3 is 0 Å². The number of aliphatic hydroxyl groups is 1. The van der Waals surface area contributed by atoms with Gasteiger partial charge in [0.25, 0.3) is 5.91 Å². The number of halogens is 1. The Morgan fingerprint density at radius 3 is 2.82 bits per heavy atom. The van der Waals surface area contributed by atoms with E-state index in [0.717, 1.165) is 19.3 Å². The topological polar surface area (TPSA) is 111 Å². The van der Waals surface area contributed by atoms with Gasteiger partial charge in [-0.2, -0.15) is 5.26 Å². The number of nitrogens with zero attached hydrogens (tertiary/aromatic N) is 1. The molecule has 1 aromatic carbocycles. The molecule has 0 radical (unpaired) electrons. The standard InChI is InChI=1S/C15H19ClN4O2/c16-13-8-12(4-5-14(13)18)20-15(22)11(9-17)10-19-6-2-1-3-7-21/h4-5,8,10,19,21H,1-3,6-7,18H2,(H,20,22)/b11-10-. The lowest BCUT2D eigenvalue weighted by Gasteiger charge is -2.06. The molecule has 0 saturated carbocycles. The van der Waals surface area contributed by atoms with Crippen molar-refractivity contribution in [1.82, 2.24) is 5.32 Å². The number of hydrogen-bond acceptors (Lipinski definition) is 5. The van der Waals surface area contributed by atoms with E-state index in [1.165, 1.54) is 12.3 Å². The maximum atomic E-state index is 12.0. The number of benzene rings is 1. The van der Waals surface area contributed by atoms with E-state index >= 15 is 0 Å². The van der Waals surface area contributed by atoms with Crippen LogP contribution in [0.15, 0.2) is 30.0 Å². The van der Waals surface area contributed by atoms with Crippen LogP contribution in [-0.2, 0) is 4.79 Å². The highest BCUT2D eigenvalue weighted by atomic mass is 35.5. The van der Waals surface area contributed by atoms with Gasteiger partial charge in [0.2, 0.25) is 0 Å². The average Bonchev–Trinajstić information content (AvgIpc) is 2.50. The van der Waals surface area contributed by atoms with Crippen molar-refractivity contribution in [3.05, 3.63) is 35.0 Å². The fourth-order valence-corrected chi connectivity index (χ4v) is 1.82. The summed E-state index contributed by atoms with van der Waals surface area (Å²) in [4.78, 5) is 12.0. The molecule has 0 spiro atoms. The Bertz CT molecular complexity index is 581. The minimum atomic E-state index is -0.522. The zero-order chi connectivity index (χ0) is 16.4. The smallest absolute Gasteiger partial charge is 0.267 e. The van der Waals surface area contributed by atoms with Gasteiger partial charge in [-0.25, -0.2) is 0 Å². The van der Waals surface area contributed by atoms with Crippen LogP contribution in [0.3, 0.4) is 0 Å². The van der Waals surface area contributed by atoms with Crippen LogP contribution in [0.4, 0.5) is 11.4 Å². The molecule has 5 N–H and O–H groups in total. The molecule has 0 aliphatic carbocycles. The van der Waals surface area contributed by atoms with Crippen LogP contribution in [-0.4, -0.2) is 24.2 Å². The Hall–Kier alpha value is -2.23. The molecule has 0 fully saturated rings. The van der Waals surface area contributed by atoms with Crippen LogP contribution in [0, 0.1) is 11.3 Å². The number of nitrogen functional groups attached to an aromatic ring is 1. The molecule has 0 heterocycles. The lowest BCUT2D eigenvalue weighted by Crippen LogP contribution is -2.17. The Labute approximate surface area is 134 Å². The highest BCUT2D eigenvalue weighted by molar-refractivity contribution is 6.33. The summed E-state index contributed by atoms with van der Waals surface area (Å²) < 4.78 is 0. The summed E-state index contributed by atoms with van der Waals surface area (Å²) in [7, 11) is 0. The number of unbranched alkanes of at least 4 members (excludes halogenated alkanes) is 2. The number of amides is 1. The third-order valence-corrected chi connectivity index (χ3v) is 3.18. The fourth-order valence-electron chi connectivity index (χ4n) is 1.64. The summed E-state index contributed by atoms with van der Waals surface area (Å²) in [6, 6.07) is 6.54. The minimum absolute atomic E-state index is 0.0323. The highest BCUT2D eigenvalue weighted by Gasteiger charge is 2.09. The number of nitrogens with one attached hydrogen (secondary N) is 2. The van der Waals surface area contributed by atoms with Crippen LogP contribution < -0.4 is 16.4 Å². The van der Waals surface area contributed by atoms with Crippen LogP contribution >= 0.6 is 11.6 Å². The molecule has 1 amide bonds. The highest BCUT2D eigenvalue weighted by Crippen LogP contribution is 2.22. The Kier molecular flexibility index (Phi) is 7.83. The maximum absolute atomic E-state index is 12.0. The third-order valence-electron chi connectivity index (χ3n) is 2.85. The summed E-state index contributed by atoms with van der Waals surface area (Å²) in [5.41, 5.74) is 6.44. The number of carbonyl (C=O) groups is 1. The summed E-state index contributed by atoms with van der Waals surface area (Å²) in [5.74, 6) is -0.522. The summed E-state index contributed by atoms with van der Waals surface area (Å²) in [6.07, 6.45) is 3.86. The van der Waals surface area contributed by atoms with Gasteiger partial charge in [0.1, 0.15) is 11.6 Å². The van der Waals surface area contributed by atoms with Gasteiger partial charge in [0.05, 0.1) is 10.7 Å². The summed E-state index contributed by atoms with van der Waals surface area (Å²) in [5, 5.41) is 23.5. The molecule has 0 unspecified atom stereocenters. The van der Waals surface area contributed by atoms with Crippen LogP contribution in [0.1, 0.15) is 19.3 Å². The van der Waals surface area contributed by atoms with E-state index in [-0.39, 0.29) is 12.2 Å². The molecule has 7 heteroatoms. The molecular weight excluding hydrogens is 304 g/mol. The number of nitriles is 1. The first-order valence-electron chi connectivity index (χ1n) is 6.89. The van der Waals surface area contributed by atoms with Gasteiger partial charge in [-0.05, 0) is 37.5 Å². The lowest BCUT2D eigenvalue weighted by atomic mass is 10.2. The molecule has 0 aliphatic rings.